The maximum Gasteiger partial charge on any atom is 0.230 e. The number of rotatable bonds is 4. The molecule has 2 aromatic carbocycles. The number of benzene rings is 2. The number of hydrogen-bond acceptors (Lipinski definition) is 1. The zero-order valence-corrected chi connectivity index (χ0v) is 12.6. The van der Waals surface area contributed by atoms with Crippen molar-refractivity contribution in [3.63, 3.8) is 0 Å². The lowest BCUT2D eigenvalue weighted by atomic mass is 9.83. The van der Waals surface area contributed by atoms with Crippen LogP contribution < -0.4 is 5.32 Å². The minimum Gasteiger partial charge on any atom is -0.351 e. The van der Waals surface area contributed by atoms with Gasteiger partial charge in [0.2, 0.25) is 5.91 Å². The summed E-state index contributed by atoms with van der Waals surface area (Å²) in [7, 11) is 0. The standard InChI is InChI=1S/C18H20FNO/c1-13-8-10-15(11-9-13)18(2,3)17(21)20-12-14-6-4-5-7-16(14)19/h4-11H,12H2,1-3H3,(H,20,21). The maximum absolute atomic E-state index is 13.6. The van der Waals surface area contributed by atoms with Gasteiger partial charge in [0.25, 0.3) is 0 Å². The highest BCUT2D eigenvalue weighted by Gasteiger charge is 2.29. The van der Waals surface area contributed by atoms with E-state index in [0.717, 1.165) is 11.1 Å². The van der Waals surface area contributed by atoms with Crippen molar-refractivity contribution in [2.45, 2.75) is 32.7 Å². The molecule has 110 valence electrons. The predicted octanol–water partition coefficient (Wildman–Crippen LogP) is 3.73. The van der Waals surface area contributed by atoms with E-state index in [4.69, 9.17) is 0 Å². The number of carbonyl (C=O) groups excluding carboxylic acids is 1. The molecule has 2 aromatic rings. The summed E-state index contributed by atoms with van der Waals surface area (Å²) < 4.78 is 13.6. The van der Waals surface area contributed by atoms with Crippen LogP contribution in [0.15, 0.2) is 48.5 Å². The molecule has 0 radical (unpaired) electrons. The number of nitrogens with one attached hydrogen (secondary N) is 1. The normalized spacial score (nSPS) is 11.2. The highest BCUT2D eigenvalue weighted by atomic mass is 19.1. The molecule has 0 aliphatic carbocycles. The quantitative estimate of drug-likeness (QED) is 0.911. The van der Waals surface area contributed by atoms with Crippen LogP contribution in [0.1, 0.15) is 30.5 Å². The van der Waals surface area contributed by atoms with Crippen molar-refractivity contribution in [1.82, 2.24) is 5.32 Å². The van der Waals surface area contributed by atoms with Crippen LogP contribution in [0.2, 0.25) is 0 Å². The van der Waals surface area contributed by atoms with Crippen molar-refractivity contribution < 1.29 is 9.18 Å². The van der Waals surface area contributed by atoms with Crippen LogP contribution in [0.25, 0.3) is 0 Å². The van der Waals surface area contributed by atoms with Crippen LogP contribution >= 0.6 is 0 Å². The molecule has 0 bridgehead atoms. The fraction of sp³-hybridized carbons (Fsp3) is 0.278. The second-order valence-electron chi connectivity index (χ2n) is 5.77. The first kappa shape index (κ1) is 15.2. The Morgan fingerprint density at radius 3 is 2.33 bits per heavy atom. The van der Waals surface area contributed by atoms with Crippen LogP contribution in [0, 0.1) is 12.7 Å². The Labute approximate surface area is 125 Å². The van der Waals surface area contributed by atoms with Gasteiger partial charge in [-0.2, -0.15) is 0 Å². The molecule has 0 aliphatic heterocycles. The third kappa shape index (κ3) is 3.48. The minimum absolute atomic E-state index is 0.116. The highest BCUT2D eigenvalue weighted by Crippen LogP contribution is 2.24. The van der Waals surface area contributed by atoms with Gasteiger partial charge < -0.3 is 5.32 Å². The zero-order chi connectivity index (χ0) is 15.5. The molecule has 0 aliphatic rings. The van der Waals surface area contributed by atoms with Gasteiger partial charge in [-0.15, -0.1) is 0 Å². The predicted molar refractivity (Wildman–Crippen MR) is 82.5 cm³/mol. The monoisotopic (exact) mass is 285 g/mol. The van der Waals surface area contributed by atoms with Crippen molar-refractivity contribution in [3.8, 4) is 0 Å². The van der Waals surface area contributed by atoms with Crippen molar-refractivity contribution >= 4 is 5.91 Å². The van der Waals surface area contributed by atoms with E-state index >= 15 is 0 Å². The topological polar surface area (TPSA) is 29.1 Å². The Hall–Kier alpha value is -2.16. The van der Waals surface area contributed by atoms with E-state index in [9.17, 15) is 9.18 Å². The first-order valence-corrected chi connectivity index (χ1v) is 7.00. The lowest BCUT2D eigenvalue weighted by Crippen LogP contribution is -2.39. The van der Waals surface area contributed by atoms with Gasteiger partial charge in [0.05, 0.1) is 5.41 Å². The molecule has 0 saturated heterocycles. The van der Waals surface area contributed by atoms with Crippen LogP contribution in [-0.2, 0) is 16.8 Å². The third-order valence-electron chi connectivity index (χ3n) is 3.74. The largest absolute Gasteiger partial charge is 0.351 e. The summed E-state index contributed by atoms with van der Waals surface area (Å²) in [5, 5.41) is 2.81. The van der Waals surface area contributed by atoms with E-state index in [-0.39, 0.29) is 18.3 Å². The van der Waals surface area contributed by atoms with Gasteiger partial charge in [0.1, 0.15) is 5.82 Å². The second-order valence-corrected chi connectivity index (χ2v) is 5.77. The summed E-state index contributed by atoms with van der Waals surface area (Å²) in [5.74, 6) is -0.416. The van der Waals surface area contributed by atoms with E-state index in [0.29, 0.717) is 5.56 Å². The second kappa shape index (κ2) is 6.08. The SMILES string of the molecule is Cc1ccc(C(C)(C)C(=O)NCc2ccccc2F)cc1. The Kier molecular flexibility index (Phi) is 4.41. The number of halogens is 1. The van der Waals surface area contributed by atoms with Crippen LogP contribution in [0.5, 0.6) is 0 Å². The highest BCUT2D eigenvalue weighted by molar-refractivity contribution is 5.87. The molecule has 0 unspecified atom stereocenters. The smallest absolute Gasteiger partial charge is 0.230 e. The molecule has 0 spiro atoms. The molecule has 0 fully saturated rings. The average molecular weight is 285 g/mol. The lowest BCUT2D eigenvalue weighted by molar-refractivity contribution is -0.125. The molecule has 21 heavy (non-hydrogen) atoms. The van der Waals surface area contributed by atoms with Gasteiger partial charge in [-0.1, -0.05) is 48.0 Å². The van der Waals surface area contributed by atoms with E-state index in [1.165, 1.54) is 6.07 Å². The summed E-state index contributed by atoms with van der Waals surface area (Å²) in [5.41, 5.74) is 1.94. The van der Waals surface area contributed by atoms with E-state index in [1.807, 2.05) is 45.0 Å². The summed E-state index contributed by atoms with van der Waals surface area (Å²) in [6, 6.07) is 14.4. The Morgan fingerprint density at radius 1 is 1.10 bits per heavy atom. The molecule has 1 amide bonds. The van der Waals surface area contributed by atoms with Gasteiger partial charge in [0.15, 0.2) is 0 Å². The molecule has 0 aromatic heterocycles. The van der Waals surface area contributed by atoms with Crippen LogP contribution in [-0.4, -0.2) is 5.91 Å². The number of hydrogen-bond donors (Lipinski definition) is 1. The van der Waals surface area contributed by atoms with E-state index in [1.54, 1.807) is 18.2 Å². The fourth-order valence-electron chi connectivity index (χ4n) is 2.14. The molecule has 2 rings (SSSR count). The van der Waals surface area contributed by atoms with Gasteiger partial charge in [-0.25, -0.2) is 4.39 Å². The van der Waals surface area contributed by atoms with E-state index < -0.39 is 5.41 Å². The first-order chi connectivity index (χ1) is 9.91. The molecule has 2 nitrogen and oxygen atoms in total. The van der Waals surface area contributed by atoms with Crippen LogP contribution in [0.4, 0.5) is 4.39 Å². The van der Waals surface area contributed by atoms with Gasteiger partial charge >= 0.3 is 0 Å². The Morgan fingerprint density at radius 2 is 1.71 bits per heavy atom. The van der Waals surface area contributed by atoms with Crippen molar-refractivity contribution in [2.75, 3.05) is 0 Å². The summed E-state index contributed by atoms with van der Waals surface area (Å²) in [4.78, 5) is 12.4. The van der Waals surface area contributed by atoms with Crippen molar-refractivity contribution in [1.29, 1.82) is 0 Å². The third-order valence-corrected chi connectivity index (χ3v) is 3.74. The molecular formula is C18H20FNO. The average Bonchev–Trinajstić information content (AvgIpc) is 2.46. The van der Waals surface area contributed by atoms with Crippen LogP contribution in [0.3, 0.4) is 0 Å². The lowest BCUT2D eigenvalue weighted by Gasteiger charge is -2.24. The number of aryl methyl sites for hydroxylation is 1. The first-order valence-electron chi connectivity index (χ1n) is 7.00. The molecule has 1 N–H and O–H groups in total. The van der Waals surface area contributed by atoms with Gasteiger partial charge in [-0.05, 0) is 32.4 Å². The summed E-state index contributed by atoms with van der Waals surface area (Å²) in [6.45, 7) is 5.94. The zero-order valence-electron chi connectivity index (χ0n) is 12.6. The number of amides is 1. The van der Waals surface area contributed by atoms with Gasteiger partial charge in [0, 0.05) is 12.1 Å². The number of carbonyl (C=O) groups is 1. The summed E-state index contributed by atoms with van der Waals surface area (Å²) >= 11 is 0. The van der Waals surface area contributed by atoms with E-state index in [2.05, 4.69) is 5.32 Å². The minimum atomic E-state index is -0.654. The molecular weight excluding hydrogens is 265 g/mol. The van der Waals surface area contributed by atoms with Gasteiger partial charge in [-0.3, -0.25) is 4.79 Å². The maximum atomic E-state index is 13.6. The molecule has 0 atom stereocenters. The van der Waals surface area contributed by atoms with Crippen molar-refractivity contribution in [2.24, 2.45) is 0 Å². The Balaban J connectivity index is 2.08. The molecule has 0 heterocycles. The fourth-order valence-corrected chi connectivity index (χ4v) is 2.14. The molecule has 0 saturated carbocycles. The van der Waals surface area contributed by atoms with Crippen molar-refractivity contribution in [3.05, 3.63) is 71.0 Å². The summed E-state index contributed by atoms with van der Waals surface area (Å²) in [6.07, 6.45) is 0. The molecule has 3 heteroatoms. The Bertz CT molecular complexity index is 632.